The number of amides is 1. The molecule has 2 aliphatic heterocycles. The van der Waals surface area contributed by atoms with Gasteiger partial charge in [-0.25, -0.2) is 4.98 Å². The van der Waals surface area contributed by atoms with Crippen molar-refractivity contribution in [2.45, 2.75) is 32.6 Å². The van der Waals surface area contributed by atoms with Crippen molar-refractivity contribution in [3.8, 4) is 0 Å². The van der Waals surface area contributed by atoms with Crippen LogP contribution >= 0.6 is 22.9 Å². The monoisotopic (exact) mass is 430 g/mol. The summed E-state index contributed by atoms with van der Waals surface area (Å²) in [7, 11) is 0. The van der Waals surface area contributed by atoms with E-state index in [1.54, 1.807) is 20.0 Å². The van der Waals surface area contributed by atoms with Gasteiger partial charge in [0.25, 0.3) is 0 Å². The van der Waals surface area contributed by atoms with E-state index in [-0.39, 0.29) is 17.1 Å². The van der Waals surface area contributed by atoms with Gasteiger partial charge in [-0.15, -0.1) is 0 Å². The Balaban J connectivity index is 1.74. The van der Waals surface area contributed by atoms with Gasteiger partial charge in [0.2, 0.25) is 5.91 Å². The number of aromatic nitrogens is 1. The number of likely N-dealkylation sites (tertiary alicyclic amines) is 1. The quantitative estimate of drug-likeness (QED) is 0.733. The SMILES string of the molecule is CC=C(Nc1ncc(Cl)s1)N1CC2(CCN(C(C)=O)C2)c2cc(C(C)=O)ccc21. The van der Waals surface area contributed by atoms with Crippen molar-refractivity contribution >= 4 is 45.4 Å². The summed E-state index contributed by atoms with van der Waals surface area (Å²) < 4.78 is 0.625. The van der Waals surface area contributed by atoms with Gasteiger partial charge in [0.1, 0.15) is 10.2 Å². The summed E-state index contributed by atoms with van der Waals surface area (Å²) in [4.78, 5) is 32.4. The fourth-order valence-corrected chi connectivity index (χ4v) is 5.13. The number of fused-ring (bicyclic) bond motifs is 2. The highest BCUT2D eigenvalue weighted by atomic mass is 35.5. The maximum Gasteiger partial charge on any atom is 0.219 e. The maximum atomic E-state index is 12.0. The van der Waals surface area contributed by atoms with E-state index < -0.39 is 0 Å². The first kappa shape index (κ1) is 19.9. The zero-order valence-corrected chi connectivity index (χ0v) is 18.2. The Bertz CT molecular complexity index is 1020. The van der Waals surface area contributed by atoms with Crippen molar-refractivity contribution in [3.63, 3.8) is 0 Å². The third kappa shape index (κ3) is 3.53. The van der Waals surface area contributed by atoms with Crippen molar-refractivity contribution in [2.24, 2.45) is 0 Å². The van der Waals surface area contributed by atoms with Gasteiger partial charge in [0.05, 0.1) is 6.20 Å². The molecule has 1 unspecified atom stereocenters. The molecular formula is C21H23ClN4O2S. The van der Waals surface area contributed by atoms with E-state index in [1.165, 1.54) is 11.3 Å². The molecule has 6 nitrogen and oxygen atoms in total. The van der Waals surface area contributed by atoms with Crippen LogP contribution in [0.3, 0.4) is 0 Å². The first-order valence-corrected chi connectivity index (χ1v) is 10.8. The molecule has 1 saturated heterocycles. The van der Waals surface area contributed by atoms with Gasteiger partial charge in [0.15, 0.2) is 10.9 Å². The van der Waals surface area contributed by atoms with Crippen LogP contribution in [0.5, 0.6) is 0 Å². The zero-order valence-electron chi connectivity index (χ0n) is 16.7. The largest absolute Gasteiger partial charge is 0.342 e. The molecule has 0 radical (unpaired) electrons. The number of rotatable bonds is 4. The molecule has 2 aliphatic rings. The number of hydrogen-bond acceptors (Lipinski definition) is 6. The summed E-state index contributed by atoms with van der Waals surface area (Å²) in [5, 5.41) is 4.10. The molecule has 29 heavy (non-hydrogen) atoms. The van der Waals surface area contributed by atoms with Crippen LogP contribution in [0.15, 0.2) is 36.3 Å². The zero-order chi connectivity index (χ0) is 20.8. The molecule has 4 rings (SSSR count). The van der Waals surface area contributed by atoms with E-state index in [9.17, 15) is 9.59 Å². The molecule has 0 bridgehead atoms. The van der Waals surface area contributed by atoms with Gasteiger partial charge in [-0.2, -0.15) is 0 Å². The van der Waals surface area contributed by atoms with Crippen molar-refractivity contribution in [1.82, 2.24) is 9.88 Å². The van der Waals surface area contributed by atoms with E-state index in [1.807, 2.05) is 36.1 Å². The van der Waals surface area contributed by atoms with Crippen LogP contribution in [0.4, 0.5) is 10.8 Å². The van der Waals surface area contributed by atoms with Gasteiger partial charge >= 0.3 is 0 Å². The number of carbonyl (C=O) groups excluding carboxylic acids is 2. The van der Waals surface area contributed by atoms with Crippen LogP contribution in [-0.4, -0.2) is 41.2 Å². The van der Waals surface area contributed by atoms with Crippen LogP contribution < -0.4 is 10.2 Å². The second kappa shape index (κ2) is 7.46. The Labute approximate surface area is 179 Å². The second-order valence-electron chi connectivity index (χ2n) is 7.61. The Kier molecular flexibility index (Phi) is 5.12. The lowest BCUT2D eigenvalue weighted by Crippen LogP contribution is -2.38. The third-order valence-corrected chi connectivity index (χ3v) is 6.83. The normalized spacial score (nSPS) is 21.0. The fourth-order valence-electron chi connectivity index (χ4n) is 4.31. The molecule has 1 amide bonds. The average Bonchev–Trinajstić information content (AvgIpc) is 3.38. The highest BCUT2D eigenvalue weighted by molar-refractivity contribution is 7.19. The van der Waals surface area contributed by atoms with Crippen molar-refractivity contribution < 1.29 is 9.59 Å². The number of anilines is 2. The molecule has 1 fully saturated rings. The van der Waals surface area contributed by atoms with Crippen LogP contribution in [-0.2, 0) is 10.2 Å². The lowest BCUT2D eigenvalue weighted by molar-refractivity contribution is -0.127. The number of hydrogen-bond donors (Lipinski definition) is 1. The second-order valence-corrected chi connectivity index (χ2v) is 9.28. The first-order chi connectivity index (χ1) is 13.8. The number of ketones is 1. The number of carbonyl (C=O) groups is 2. The van der Waals surface area contributed by atoms with Crippen LogP contribution in [0.1, 0.15) is 43.1 Å². The van der Waals surface area contributed by atoms with Crippen LogP contribution in [0, 0.1) is 0 Å². The van der Waals surface area contributed by atoms with Crippen LogP contribution in [0.2, 0.25) is 4.34 Å². The summed E-state index contributed by atoms with van der Waals surface area (Å²) in [6.07, 6.45) is 4.51. The number of thiazole rings is 1. The van der Waals surface area contributed by atoms with Gasteiger partial charge in [-0.1, -0.05) is 22.9 Å². The Morgan fingerprint density at radius 2 is 2.10 bits per heavy atom. The van der Waals surface area contributed by atoms with E-state index in [4.69, 9.17) is 11.6 Å². The van der Waals surface area contributed by atoms with E-state index in [0.717, 1.165) is 41.7 Å². The Morgan fingerprint density at radius 3 is 2.69 bits per heavy atom. The van der Waals surface area contributed by atoms with Gasteiger partial charge in [-0.05, 0) is 50.1 Å². The van der Waals surface area contributed by atoms with Gasteiger partial charge in [0, 0.05) is 43.2 Å². The number of nitrogens with zero attached hydrogens (tertiary/aromatic N) is 3. The molecule has 2 aromatic rings. The number of nitrogens with one attached hydrogen (secondary N) is 1. The number of benzene rings is 1. The highest BCUT2D eigenvalue weighted by Gasteiger charge is 2.48. The number of halogens is 1. The Morgan fingerprint density at radius 1 is 1.31 bits per heavy atom. The van der Waals surface area contributed by atoms with Gasteiger partial charge in [-0.3, -0.25) is 9.59 Å². The van der Waals surface area contributed by atoms with E-state index in [2.05, 4.69) is 15.2 Å². The fraction of sp³-hybridized carbons (Fsp3) is 0.381. The molecule has 1 aromatic heterocycles. The number of allylic oxidation sites excluding steroid dienone is 1. The molecule has 1 spiro atoms. The van der Waals surface area contributed by atoms with Gasteiger partial charge < -0.3 is 15.1 Å². The molecule has 1 N–H and O–H groups in total. The summed E-state index contributed by atoms with van der Waals surface area (Å²) in [6.45, 7) is 7.30. The predicted octanol–water partition coefficient (Wildman–Crippen LogP) is 4.28. The smallest absolute Gasteiger partial charge is 0.219 e. The van der Waals surface area contributed by atoms with Crippen molar-refractivity contribution in [3.05, 3.63) is 51.8 Å². The summed E-state index contributed by atoms with van der Waals surface area (Å²) in [6, 6.07) is 5.89. The predicted molar refractivity (Wildman–Crippen MR) is 117 cm³/mol. The molecule has 0 aliphatic carbocycles. The maximum absolute atomic E-state index is 12.0. The average molecular weight is 431 g/mol. The molecular weight excluding hydrogens is 408 g/mol. The molecule has 152 valence electrons. The number of Topliss-reactive ketones (excluding diaryl/α,β-unsaturated/α-hetero) is 1. The minimum Gasteiger partial charge on any atom is -0.342 e. The molecule has 1 atom stereocenters. The Hall–Kier alpha value is -2.38. The minimum atomic E-state index is -0.192. The first-order valence-electron chi connectivity index (χ1n) is 9.56. The third-order valence-electron chi connectivity index (χ3n) is 5.80. The highest BCUT2D eigenvalue weighted by Crippen LogP contribution is 2.48. The van der Waals surface area contributed by atoms with Crippen molar-refractivity contribution in [1.29, 1.82) is 0 Å². The summed E-state index contributed by atoms with van der Waals surface area (Å²) in [5.41, 5.74) is 2.70. The summed E-state index contributed by atoms with van der Waals surface area (Å²) >= 11 is 7.42. The summed E-state index contributed by atoms with van der Waals surface area (Å²) in [5.74, 6) is 1.04. The lowest BCUT2D eigenvalue weighted by Gasteiger charge is -2.27. The molecule has 8 heteroatoms. The topological polar surface area (TPSA) is 65.5 Å². The standard InChI is InChI=1S/C21H23ClN4O2S/c1-4-19(24-20-23-10-18(22)29-20)26-12-21(7-8-25(11-21)14(3)28)16-9-15(13(2)27)5-6-17(16)26/h4-6,9-10H,7-8,11-12H2,1-3H3,(H,23,24). The van der Waals surface area contributed by atoms with E-state index in [0.29, 0.717) is 16.4 Å². The lowest BCUT2D eigenvalue weighted by atomic mass is 9.81. The van der Waals surface area contributed by atoms with Crippen LogP contribution in [0.25, 0.3) is 0 Å². The van der Waals surface area contributed by atoms with Crippen molar-refractivity contribution in [2.75, 3.05) is 29.9 Å². The van der Waals surface area contributed by atoms with E-state index >= 15 is 0 Å². The molecule has 3 heterocycles. The minimum absolute atomic E-state index is 0.0460. The molecule has 1 aromatic carbocycles. The molecule has 0 saturated carbocycles.